The summed E-state index contributed by atoms with van der Waals surface area (Å²) < 4.78 is 4.48. The molecule has 72 valence electrons. The molecular formula is C9H19NO2. The van der Waals surface area contributed by atoms with Crippen LogP contribution in [0.25, 0.3) is 0 Å². The molecule has 0 aliphatic rings. The molecule has 1 unspecified atom stereocenters. The second-order valence-corrected chi connectivity index (χ2v) is 2.27. The lowest BCUT2D eigenvalue weighted by molar-refractivity contribution is -0.145. The van der Waals surface area contributed by atoms with Crippen molar-refractivity contribution < 1.29 is 9.53 Å². The van der Waals surface area contributed by atoms with Gasteiger partial charge in [0.25, 0.3) is 0 Å². The van der Waals surface area contributed by atoms with Crippen molar-refractivity contribution in [2.45, 2.75) is 20.3 Å². The van der Waals surface area contributed by atoms with Crippen LogP contribution in [0.15, 0.2) is 12.7 Å². The van der Waals surface area contributed by atoms with Crippen molar-refractivity contribution in [2.24, 2.45) is 11.7 Å². The fourth-order valence-corrected chi connectivity index (χ4v) is 0.596. The summed E-state index contributed by atoms with van der Waals surface area (Å²) in [5.41, 5.74) is 5.26. The van der Waals surface area contributed by atoms with E-state index in [2.05, 4.69) is 11.3 Å². The topological polar surface area (TPSA) is 52.3 Å². The number of ether oxygens (including phenoxy) is 1. The van der Waals surface area contributed by atoms with Gasteiger partial charge in [0.15, 0.2) is 0 Å². The van der Waals surface area contributed by atoms with Crippen molar-refractivity contribution in [3.63, 3.8) is 0 Å². The molecule has 0 aromatic heterocycles. The monoisotopic (exact) mass is 173 g/mol. The van der Waals surface area contributed by atoms with Crippen molar-refractivity contribution in [3.8, 4) is 0 Å². The predicted molar refractivity (Wildman–Crippen MR) is 50.7 cm³/mol. The molecular weight excluding hydrogens is 154 g/mol. The van der Waals surface area contributed by atoms with Crippen molar-refractivity contribution in [2.75, 3.05) is 13.7 Å². The first-order valence-electron chi connectivity index (χ1n) is 4.02. The average molecular weight is 173 g/mol. The number of carbonyl (C=O) groups is 1. The highest BCUT2D eigenvalue weighted by Gasteiger charge is 2.13. The number of rotatable bonds is 3. The highest BCUT2D eigenvalue weighted by atomic mass is 16.5. The lowest BCUT2D eigenvalue weighted by Gasteiger charge is -2.07. The molecule has 0 radical (unpaired) electrons. The minimum atomic E-state index is -0.208. The predicted octanol–water partition coefficient (Wildman–Crippen LogP) is 1.34. The van der Waals surface area contributed by atoms with Crippen LogP contribution in [0.5, 0.6) is 0 Å². The fourth-order valence-electron chi connectivity index (χ4n) is 0.596. The first-order valence-corrected chi connectivity index (χ1v) is 4.02. The summed E-state index contributed by atoms with van der Waals surface area (Å²) in [6.07, 6.45) is 2.50. The van der Waals surface area contributed by atoms with Gasteiger partial charge < -0.3 is 10.5 Å². The van der Waals surface area contributed by atoms with Gasteiger partial charge in [0.2, 0.25) is 0 Å². The van der Waals surface area contributed by atoms with Crippen LogP contribution in [0.4, 0.5) is 0 Å². The minimum absolute atomic E-state index is 0.116. The van der Waals surface area contributed by atoms with E-state index in [1.807, 2.05) is 13.8 Å². The molecule has 0 aliphatic carbocycles. The van der Waals surface area contributed by atoms with Crippen LogP contribution >= 0.6 is 0 Å². The number of hydrogen-bond donors (Lipinski definition) is 1. The van der Waals surface area contributed by atoms with Gasteiger partial charge in [0.1, 0.15) is 0 Å². The number of hydrogen-bond acceptors (Lipinski definition) is 3. The summed E-state index contributed by atoms with van der Waals surface area (Å²) in [5, 5.41) is 0. The van der Waals surface area contributed by atoms with Gasteiger partial charge in [0.05, 0.1) is 13.0 Å². The van der Waals surface area contributed by atoms with E-state index in [1.54, 1.807) is 6.08 Å². The molecule has 0 bridgehead atoms. The Morgan fingerprint density at radius 2 is 2.17 bits per heavy atom. The summed E-state index contributed by atoms with van der Waals surface area (Å²) in [4.78, 5) is 10.7. The molecule has 0 heterocycles. The number of allylic oxidation sites excluding steroid dienone is 1. The van der Waals surface area contributed by atoms with Gasteiger partial charge in [-0.3, -0.25) is 4.79 Å². The van der Waals surface area contributed by atoms with Crippen molar-refractivity contribution >= 4 is 5.97 Å². The van der Waals surface area contributed by atoms with Gasteiger partial charge in [-0.05, 0) is 13.3 Å². The Bertz CT molecular complexity index is 120. The zero-order chi connectivity index (χ0) is 9.98. The van der Waals surface area contributed by atoms with E-state index in [0.717, 1.165) is 6.42 Å². The second-order valence-electron chi connectivity index (χ2n) is 2.27. The van der Waals surface area contributed by atoms with Gasteiger partial charge in [-0.25, -0.2) is 0 Å². The van der Waals surface area contributed by atoms with Crippen LogP contribution in [0.3, 0.4) is 0 Å². The smallest absolute Gasteiger partial charge is 0.309 e. The molecule has 0 aromatic carbocycles. The molecule has 0 aliphatic heterocycles. The maximum Gasteiger partial charge on any atom is 0.309 e. The molecule has 3 heteroatoms. The zero-order valence-corrected chi connectivity index (χ0v) is 8.17. The van der Waals surface area contributed by atoms with Gasteiger partial charge in [0, 0.05) is 6.54 Å². The van der Waals surface area contributed by atoms with E-state index in [-0.39, 0.29) is 11.9 Å². The Morgan fingerprint density at radius 1 is 1.75 bits per heavy atom. The number of nitrogens with two attached hydrogens (primary N) is 1. The Balaban J connectivity index is 0. The first kappa shape index (κ1) is 13.7. The minimum Gasteiger partial charge on any atom is -0.469 e. The third-order valence-electron chi connectivity index (χ3n) is 1.31. The van der Waals surface area contributed by atoms with Gasteiger partial charge in [-0.15, -0.1) is 6.58 Å². The third kappa shape index (κ3) is 7.28. The van der Waals surface area contributed by atoms with E-state index in [9.17, 15) is 4.79 Å². The summed E-state index contributed by atoms with van der Waals surface area (Å²) >= 11 is 0. The van der Waals surface area contributed by atoms with Crippen molar-refractivity contribution in [3.05, 3.63) is 12.7 Å². The van der Waals surface area contributed by atoms with Crippen LogP contribution < -0.4 is 5.73 Å². The molecule has 0 rings (SSSR count). The third-order valence-corrected chi connectivity index (χ3v) is 1.31. The van der Waals surface area contributed by atoms with Crippen LogP contribution in [-0.2, 0) is 9.53 Å². The van der Waals surface area contributed by atoms with Crippen LogP contribution in [0, 0.1) is 5.92 Å². The molecule has 0 aromatic rings. The Hall–Kier alpha value is -0.830. The fraction of sp³-hybridized carbons (Fsp3) is 0.667. The SMILES string of the molecule is C=CC.CCC(CN)C(=O)OC. The molecule has 12 heavy (non-hydrogen) atoms. The normalized spacial score (nSPS) is 10.7. The summed E-state index contributed by atoms with van der Waals surface area (Å²) in [6.45, 7) is 7.54. The van der Waals surface area contributed by atoms with E-state index in [0.29, 0.717) is 6.54 Å². The summed E-state index contributed by atoms with van der Waals surface area (Å²) in [7, 11) is 1.38. The van der Waals surface area contributed by atoms with Gasteiger partial charge >= 0.3 is 5.97 Å². The Kier molecular flexibility index (Phi) is 11.6. The molecule has 0 saturated heterocycles. The lowest BCUT2D eigenvalue weighted by atomic mass is 10.1. The summed E-state index contributed by atoms with van der Waals surface area (Å²) in [6, 6.07) is 0. The van der Waals surface area contributed by atoms with Crippen LogP contribution in [-0.4, -0.2) is 19.6 Å². The maximum absolute atomic E-state index is 10.7. The highest BCUT2D eigenvalue weighted by Crippen LogP contribution is 2.00. The van der Waals surface area contributed by atoms with Crippen molar-refractivity contribution in [1.29, 1.82) is 0 Å². The van der Waals surface area contributed by atoms with E-state index in [1.165, 1.54) is 7.11 Å². The van der Waals surface area contributed by atoms with E-state index >= 15 is 0 Å². The molecule has 0 amide bonds. The quantitative estimate of drug-likeness (QED) is 0.517. The Labute approximate surface area is 74.6 Å². The van der Waals surface area contributed by atoms with Crippen LogP contribution in [0.2, 0.25) is 0 Å². The average Bonchev–Trinajstić information content (AvgIpc) is 2.08. The Morgan fingerprint density at radius 3 is 2.25 bits per heavy atom. The highest BCUT2D eigenvalue weighted by molar-refractivity contribution is 5.72. The van der Waals surface area contributed by atoms with Crippen LogP contribution in [0.1, 0.15) is 20.3 Å². The zero-order valence-electron chi connectivity index (χ0n) is 8.17. The molecule has 3 nitrogen and oxygen atoms in total. The molecule has 2 N–H and O–H groups in total. The van der Waals surface area contributed by atoms with E-state index < -0.39 is 0 Å². The van der Waals surface area contributed by atoms with Crippen molar-refractivity contribution in [1.82, 2.24) is 0 Å². The maximum atomic E-state index is 10.7. The molecule has 1 atom stereocenters. The number of carbonyl (C=O) groups excluding carboxylic acids is 1. The molecule has 0 fully saturated rings. The number of esters is 1. The standard InChI is InChI=1S/C6H13NO2.C3H6/c1-3-5(4-7)6(8)9-2;1-3-2/h5H,3-4,7H2,1-2H3;3H,1H2,2H3. The first-order chi connectivity index (χ1) is 5.67. The largest absolute Gasteiger partial charge is 0.469 e. The van der Waals surface area contributed by atoms with Gasteiger partial charge in [-0.2, -0.15) is 0 Å². The number of methoxy groups -OCH3 is 1. The molecule has 0 saturated carbocycles. The molecule has 0 spiro atoms. The lowest BCUT2D eigenvalue weighted by Crippen LogP contribution is -2.23. The van der Waals surface area contributed by atoms with E-state index in [4.69, 9.17) is 5.73 Å². The summed E-state index contributed by atoms with van der Waals surface area (Å²) in [5.74, 6) is -0.324. The second kappa shape index (κ2) is 10.2. The van der Waals surface area contributed by atoms with Gasteiger partial charge in [-0.1, -0.05) is 13.0 Å².